The molecule has 1 aliphatic rings. The van der Waals surface area contributed by atoms with Crippen molar-refractivity contribution in [3.8, 4) is 5.75 Å². The summed E-state index contributed by atoms with van der Waals surface area (Å²) in [6.07, 6.45) is 1.62. The molecule has 1 amide bonds. The second-order valence-corrected chi connectivity index (χ2v) is 7.96. The number of Topliss-reactive ketones (excluding diaryl/α,β-unsaturated/α-hetero) is 1. The molecule has 6 nitrogen and oxygen atoms in total. The van der Waals surface area contributed by atoms with Gasteiger partial charge in [0.2, 0.25) is 0 Å². The van der Waals surface area contributed by atoms with Gasteiger partial charge in [-0.2, -0.15) is 5.10 Å². The van der Waals surface area contributed by atoms with Crippen LogP contribution in [0.25, 0.3) is 0 Å². The highest BCUT2D eigenvalue weighted by Gasteiger charge is 2.28. The third-order valence-electron chi connectivity index (χ3n) is 4.85. The minimum absolute atomic E-state index is 0.00557. The maximum absolute atomic E-state index is 13.2. The second kappa shape index (κ2) is 9.06. The molecule has 0 fully saturated rings. The van der Waals surface area contributed by atoms with Crippen LogP contribution in [0.4, 0.5) is 11.4 Å². The smallest absolute Gasteiger partial charge is 0.252 e. The number of hydrogen-bond acceptors (Lipinski definition) is 6. The number of ketones is 1. The predicted molar refractivity (Wildman–Crippen MR) is 123 cm³/mol. The molecular weight excluding hydrogens is 410 g/mol. The fraction of sp³-hybridized carbons (Fsp3) is 0.125. The largest absolute Gasteiger partial charge is 0.496 e. The Morgan fingerprint density at radius 3 is 2.58 bits per heavy atom. The van der Waals surface area contributed by atoms with Gasteiger partial charge in [-0.25, -0.2) is 0 Å². The summed E-state index contributed by atoms with van der Waals surface area (Å²) in [6, 6.07) is 20.7. The Labute approximate surface area is 184 Å². The minimum Gasteiger partial charge on any atom is -0.496 e. The number of para-hydroxylation sites is 2. The van der Waals surface area contributed by atoms with Gasteiger partial charge in [-0.15, -0.1) is 0 Å². The molecule has 0 unspecified atom stereocenters. The normalized spacial score (nSPS) is 12.3. The first-order valence-corrected chi connectivity index (χ1v) is 10.5. The summed E-state index contributed by atoms with van der Waals surface area (Å²) in [5.41, 5.74) is 5.70. The molecule has 0 aromatic heterocycles. The number of rotatable bonds is 6. The van der Waals surface area contributed by atoms with Gasteiger partial charge in [0.25, 0.3) is 5.91 Å². The van der Waals surface area contributed by atoms with E-state index in [-0.39, 0.29) is 18.2 Å². The van der Waals surface area contributed by atoms with Gasteiger partial charge in [-0.05, 0) is 43.3 Å². The van der Waals surface area contributed by atoms with Crippen LogP contribution in [0, 0.1) is 0 Å². The van der Waals surface area contributed by atoms with E-state index in [4.69, 9.17) is 4.74 Å². The van der Waals surface area contributed by atoms with Crippen LogP contribution >= 0.6 is 11.8 Å². The third-order valence-corrected chi connectivity index (χ3v) is 5.98. The lowest BCUT2D eigenvalue weighted by atomic mass is 10.1. The maximum Gasteiger partial charge on any atom is 0.252 e. The number of amides is 1. The van der Waals surface area contributed by atoms with Crippen molar-refractivity contribution >= 4 is 41.0 Å². The van der Waals surface area contributed by atoms with Gasteiger partial charge in [0.1, 0.15) is 12.3 Å². The van der Waals surface area contributed by atoms with Crippen molar-refractivity contribution in [3.63, 3.8) is 0 Å². The predicted octanol–water partition coefficient (Wildman–Crippen LogP) is 4.65. The van der Waals surface area contributed by atoms with Gasteiger partial charge in [0, 0.05) is 20.9 Å². The van der Waals surface area contributed by atoms with E-state index in [1.54, 1.807) is 42.1 Å². The van der Waals surface area contributed by atoms with Crippen LogP contribution < -0.4 is 15.1 Å². The number of nitrogens with one attached hydrogen (secondary N) is 1. The van der Waals surface area contributed by atoms with Crippen molar-refractivity contribution in [1.82, 2.24) is 5.43 Å². The van der Waals surface area contributed by atoms with Crippen LogP contribution in [0.15, 0.2) is 81.6 Å². The lowest BCUT2D eigenvalue weighted by Crippen LogP contribution is -2.35. The van der Waals surface area contributed by atoms with E-state index in [0.717, 1.165) is 21.0 Å². The number of hydrogen-bond donors (Lipinski definition) is 1. The van der Waals surface area contributed by atoms with Gasteiger partial charge >= 0.3 is 0 Å². The van der Waals surface area contributed by atoms with E-state index in [2.05, 4.69) is 10.5 Å². The Kier molecular flexibility index (Phi) is 6.04. The topological polar surface area (TPSA) is 71.0 Å². The monoisotopic (exact) mass is 431 g/mol. The Morgan fingerprint density at radius 2 is 1.77 bits per heavy atom. The number of anilines is 2. The van der Waals surface area contributed by atoms with Crippen LogP contribution in [0.1, 0.15) is 22.8 Å². The molecule has 7 heteroatoms. The first-order chi connectivity index (χ1) is 15.1. The zero-order valence-electron chi connectivity index (χ0n) is 17.2. The van der Waals surface area contributed by atoms with E-state index < -0.39 is 0 Å². The summed E-state index contributed by atoms with van der Waals surface area (Å²) < 4.78 is 5.30. The van der Waals surface area contributed by atoms with E-state index in [1.165, 1.54) is 6.92 Å². The molecule has 1 heterocycles. The first kappa shape index (κ1) is 20.7. The molecule has 0 spiro atoms. The van der Waals surface area contributed by atoms with Crippen LogP contribution in [0.2, 0.25) is 0 Å². The second-order valence-electron chi connectivity index (χ2n) is 6.87. The zero-order valence-corrected chi connectivity index (χ0v) is 18.0. The molecule has 31 heavy (non-hydrogen) atoms. The van der Waals surface area contributed by atoms with E-state index in [1.807, 2.05) is 54.6 Å². The van der Waals surface area contributed by atoms with Gasteiger partial charge < -0.3 is 10.2 Å². The van der Waals surface area contributed by atoms with Gasteiger partial charge in [0.15, 0.2) is 5.78 Å². The Bertz CT molecular complexity index is 1180. The number of carbonyl (C=O) groups is 2. The van der Waals surface area contributed by atoms with E-state index >= 15 is 0 Å². The molecule has 4 rings (SSSR count). The molecule has 0 bridgehead atoms. The molecule has 3 aromatic rings. The molecule has 3 aromatic carbocycles. The van der Waals surface area contributed by atoms with Gasteiger partial charge in [0.05, 0.1) is 24.7 Å². The molecule has 1 aliphatic heterocycles. The highest BCUT2D eigenvalue weighted by Crippen LogP contribution is 2.48. The van der Waals surface area contributed by atoms with Crippen molar-refractivity contribution < 1.29 is 14.3 Å². The number of ether oxygens (including phenoxy) is 1. The Morgan fingerprint density at radius 1 is 1.03 bits per heavy atom. The molecule has 0 atom stereocenters. The summed E-state index contributed by atoms with van der Waals surface area (Å²) in [4.78, 5) is 28.7. The average molecular weight is 432 g/mol. The summed E-state index contributed by atoms with van der Waals surface area (Å²) >= 11 is 1.58. The van der Waals surface area contributed by atoms with Crippen LogP contribution in [-0.4, -0.2) is 31.6 Å². The fourth-order valence-electron chi connectivity index (χ4n) is 3.32. The summed E-state index contributed by atoms with van der Waals surface area (Å²) in [7, 11) is 1.60. The van der Waals surface area contributed by atoms with Gasteiger partial charge in [-0.1, -0.05) is 42.1 Å². The Hall–Kier alpha value is -3.58. The van der Waals surface area contributed by atoms with Crippen LogP contribution in [-0.2, 0) is 4.79 Å². The SMILES string of the molecule is COc1ccccc1/C=N/NCC(=O)N1c2ccccc2Sc2ccc(C(C)=O)cc21. The molecule has 0 saturated carbocycles. The highest BCUT2D eigenvalue weighted by atomic mass is 32.2. The number of nitrogens with zero attached hydrogens (tertiary/aromatic N) is 2. The number of fused-ring (bicyclic) bond motifs is 2. The summed E-state index contributed by atoms with van der Waals surface area (Å²) in [6.45, 7) is 1.51. The van der Waals surface area contributed by atoms with Crippen molar-refractivity contribution in [2.75, 3.05) is 18.6 Å². The average Bonchev–Trinajstić information content (AvgIpc) is 2.79. The quantitative estimate of drug-likeness (QED) is 0.349. The number of benzene rings is 3. The number of methoxy groups -OCH3 is 1. The molecular formula is C24H21N3O3S. The minimum atomic E-state index is -0.174. The van der Waals surface area contributed by atoms with Gasteiger partial charge in [-0.3, -0.25) is 14.5 Å². The first-order valence-electron chi connectivity index (χ1n) is 9.72. The highest BCUT2D eigenvalue weighted by molar-refractivity contribution is 7.99. The summed E-state index contributed by atoms with van der Waals surface area (Å²) in [5, 5.41) is 4.18. The molecule has 0 saturated heterocycles. The number of hydrazone groups is 1. The zero-order chi connectivity index (χ0) is 21.8. The number of carbonyl (C=O) groups excluding carboxylic acids is 2. The molecule has 156 valence electrons. The standard InChI is InChI=1S/C24H21N3O3S/c1-16(28)17-11-12-23-20(13-17)27(19-8-4-6-10-22(19)31-23)24(29)15-26-25-14-18-7-3-5-9-21(18)30-2/h3-14,26H,15H2,1-2H3/b25-14+. The van der Waals surface area contributed by atoms with E-state index in [9.17, 15) is 9.59 Å². The third kappa shape index (κ3) is 4.32. The van der Waals surface area contributed by atoms with Crippen molar-refractivity contribution in [3.05, 3.63) is 77.9 Å². The molecule has 0 aliphatic carbocycles. The lowest BCUT2D eigenvalue weighted by Gasteiger charge is -2.31. The van der Waals surface area contributed by atoms with Crippen LogP contribution in [0.3, 0.4) is 0 Å². The van der Waals surface area contributed by atoms with Crippen LogP contribution in [0.5, 0.6) is 5.75 Å². The lowest BCUT2D eigenvalue weighted by molar-refractivity contribution is -0.117. The molecule has 0 radical (unpaired) electrons. The van der Waals surface area contributed by atoms with Crippen molar-refractivity contribution in [2.45, 2.75) is 16.7 Å². The fourth-order valence-corrected chi connectivity index (χ4v) is 4.36. The Balaban J connectivity index is 1.58. The molecule has 1 N–H and O–H groups in total. The van der Waals surface area contributed by atoms with E-state index in [0.29, 0.717) is 17.0 Å². The van der Waals surface area contributed by atoms with Crippen molar-refractivity contribution in [2.24, 2.45) is 5.10 Å². The van der Waals surface area contributed by atoms with Crippen molar-refractivity contribution in [1.29, 1.82) is 0 Å². The summed E-state index contributed by atoms with van der Waals surface area (Å²) in [5.74, 6) is 0.484. The maximum atomic E-state index is 13.2.